The summed E-state index contributed by atoms with van der Waals surface area (Å²) in [5.41, 5.74) is 0. The third-order valence-electron chi connectivity index (χ3n) is 5.16. The molecule has 2 aliphatic rings. The Bertz CT molecular complexity index is 783. The van der Waals surface area contributed by atoms with Gasteiger partial charge in [0.15, 0.2) is 0 Å². The van der Waals surface area contributed by atoms with E-state index in [0.29, 0.717) is 13.0 Å². The van der Waals surface area contributed by atoms with Gasteiger partial charge in [0.1, 0.15) is 12.1 Å². The zero-order chi connectivity index (χ0) is 17.6. The van der Waals surface area contributed by atoms with Gasteiger partial charge >= 0.3 is 0 Å². The first kappa shape index (κ1) is 16.5. The fraction of sp³-hybridized carbons (Fsp3) is 0.474. The molecule has 3 atom stereocenters. The van der Waals surface area contributed by atoms with Crippen LogP contribution >= 0.6 is 11.3 Å². The van der Waals surface area contributed by atoms with Crippen LogP contribution < -0.4 is 10.6 Å². The van der Waals surface area contributed by atoms with E-state index >= 15 is 0 Å². The van der Waals surface area contributed by atoms with Crippen molar-refractivity contribution >= 4 is 33.2 Å². The molecule has 1 aromatic carbocycles. The van der Waals surface area contributed by atoms with E-state index in [-0.39, 0.29) is 35.9 Å². The van der Waals surface area contributed by atoms with E-state index in [1.165, 1.54) is 15.0 Å². The Labute approximate surface area is 151 Å². The van der Waals surface area contributed by atoms with Crippen LogP contribution in [0.1, 0.15) is 25.1 Å². The minimum atomic E-state index is -0.384. The second-order valence-electron chi connectivity index (χ2n) is 7.30. The first-order chi connectivity index (χ1) is 12.0. The molecule has 2 amide bonds. The van der Waals surface area contributed by atoms with Gasteiger partial charge in [0, 0.05) is 28.7 Å². The largest absolute Gasteiger partial charge is 0.342 e. The van der Waals surface area contributed by atoms with Gasteiger partial charge < -0.3 is 15.5 Å². The van der Waals surface area contributed by atoms with Crippen LogP contribution in [-0.4, -0.2) is 41.4 Å². The van der Waals surface area contributed by atoms with Crippen molar-refractivity contribution in [2.45, 2.75) is 44.9 Å². The third kappa shape index (κ3) is 3.04. The molecule has 0 bridgehead atoms. The van der Waals surface area contributed by atoms with E-state index in [2.05, 4.69) is 41.0 Å². The molecule has 0 spiro atoms. The lowest BCUT2D eigenvalue weighted by atomic mass is 9.98. The first-order valence-corrected chi connectivity index (χ1v) is 9.66. The number of fused-ring (bicyclic) bond motifs is 2. The predicted octanol–water partition coefficient (Wildman–Crippen LogP) is 2.11. The number of hydrogen-bond acceptors (Lipinski definition) is 4. The topological polar surface area (TPSA) is 61.4 Å². The average molecular weight is 357 g/mol. The van der Waals surface area contributed by atoms with Gasteiger partial charge in [-0.05, 0) is 29.9 Å². The second kappa shape index (κ2) is 6.42. The van der Waals surface area contributed by atoms with Gasteiger partial charge in [0.25, 0.3) is 0 Å². The number of nitrogens with zero attached hydrogens (tertiary/aromatic N) is 1. The Morgan fingerprint density at radius 1 is 1.32 bits per heavy atom. The Kier molecular flexibility index (Phi) is 4.25. The van der Waals surface area contributed by atoms with Gasteiger partial charge in [0.2, 0.25) is 11.8 Å². The zero-order valence-corrected chi connectivity index (χ0v) is 15.3. The molecule has 2 aliphatic heterocycles. The van der Waals surface area contributed by atoms with Crippen molar-refractivity contribution in [2.75, 3.05) is 6.54 Å². The SMILES string of the molecule is CC(C)[C@@H]1NC(=O)[C@@H]2C[C@H](NCc3cc4ccccc4s3)CN2C1=O. The fourth-order valence-corrected chi connectivity index (χ4v) is 4.80. The maximum absolute atomic E-state index is 12.6. The number of carbonyl (C=O) groups is 2. The van der Waals surface area contributed by atoms with Crippen molar-refractivity contribution in [3.05, 3.63) is 35.2 Å². The van der Waals surface area contributed by atoms with Gasteiger partial charge in [-0.25, -0.2) is 0 Å². The monoisotopic (exact) mass is 357 g/mol. The Hall–Kier alpha value is -1.92. The number of nitrogens with one attached hydrogen (secondary N) is 2. The molecule has 1 aromatic heterocycles. The average Bonchev–Trinajstić information content (AvgIpc) is 3.19. The number of rotatable bonds is 4. The molecule has 25 heavy (non-hydrogen) atoms. The second-order valence-corrected chi connectivity index (χ2v) is 8.47. The Morgan fingerprint density at radius 2 is 2.12 bits per heavy atom. The molecular formula is C19H23N3O2S. The summed E-state index contributed by atoms with van der Waals surface area (Å²) in [5.74, 6) is 0.165. The van der Waals surface area contributed by atoms with Crippen molar-refractivity contribution in [1.29, 1.82) is 0 Å². The number of carbonyl (C=O) groups excluding carboxylic acids is 2. The normalized spacial score (nSPS) is 26.4. The summed E-state index contributed by atoms with van der Waals surface area (Å²) in [7, 11) is 0. The quantitative estimate of drug-likeness (QED) is 0.881. The molecule has 0 unspecified atom stereocenters. The summed E-state index contributed by atoms with van der Waals surface area (Å²) in [6.45, 7) is 5.33. The van der Waals surface area contributed by atoms with E-state index < -0.39 is 0 Å². The maximum Gasteiger partial charge on any atom is 0.246 e. The number of amides is 2. The number of hydrogen-bond donors (Lipinski definition) is 2. The van der Waals surface area contributed by atoms with Crippen LogP contribution in [-0.2, 0) is 16.1 Å². The van der Waals surface area contributed by atoms with E-state index in [9.17, 15) is 9.59 Å². The van der Waals surface area contributed by atoms with Gasteiger partial charge in [-0.2, -0.15) is 0 Å². The van der Waals surface area contributed by atoms with Gasteiger partial charge in [-0.3, -0.25) is 9.59 Å². The fourth-order valence-electron chi connectivity index (χ4n) is 3.79. The number of thiophene rings is 1. The molecule has 5 nitrogen and oxygen atoms in total. The molecule has 2 fully saturated rings. The Morgan fingerprint density at radius 3 is 2.88 bits per heavy atom. The van der Waals surface area contributed by atoms with Crippen LogP contribution in [0.5, 0.6) is 0 Å². The third-order valence-corrected chi connectivity index (χ3v) is 6.27. The Balaban J connectivity index is 1.42. The summed E-state index contributed by atoms with van der Waals surface area (Å²) in [4.78, 5) is 28.0. The van der Waals surface area contributed by atoms with Crippen LogP contribution in [0.4, 0.5) is 0 Å². The highest BCUT2D eigenvalue weighted by Gasteiger charge is 2.46. The van der Waals surface area contributed by atoms with Crippen molar-refractivity contribution in [3.8, 4) is 0 Å². The maximum atomic E-state index is 12.6. The minimum absolute atomic E-state index is 0.00976. The van der Waals surface area contributed by atoms with Crippen molar-refractivity contribution in [2.24, 2.45) is 5.92 Å². The van der Waals surface area contributed by atoms with Gasteiger partial charge in [0.05, 0.1) is 0 Å². The van der Waals surface area contributed by atoms with Crippen LogP contribution in [0.15, 0.2) is 30.3 Å². The predicted molar refractivity (Wildman–Crippen MR) is 99.3 cm³/mol. The lowest BCUT2D eigenvalue weighted by Gasteiger charge is -2.36. The van der Waals surface area contributed by atoms with E-state index in [1.807, 2.05) is 13.8 Å². The highest BCUT2D eigenvalue weighted by molar-refractivity contribution is 7.19. The molecule has 132 valence electrons. The molecule has 2 saturated heterocycles. The smallest absolute Gasteiger partial charge is 0.246 e. The summed E-state index contributed by atoms with van der Waals surface area (Å²) >= 11 is 1.79. The van der Waals surface area contributed by atoms with Crippen LogP contribution in [0.3, 0.4) is 0 Å². The van der Waals surface area contributed by atoms with Gasteiger partial charge in [-0.15, -0.1) is 11.3 Å². The summed E-state index contributed by atoms with van der Waals surface area (Å²) in [5, 5.41) is 7.70. The lowest BCUT2D eigenvalue weighted by molar-refractivity contribution is -0.148. The highest BCUT2D eigenvalue weighted by Crippen LogP contribution is 2.27. The van der Waals surface area contributed by atoms with Crippen LogP contribution in [0, 0.1) is 5.92 Å². The van der Waals surface area contributed by atoms with Gasteiger partial charge in [-0.1, -0.05) is 32.0 Å². The number of piperazine rings is 1. The molecule has 0 radical (unpaired) electrons. The van der Waals surface area contributed by atoms with Crippen molar-refractivity contribution in [3.63, 3.8) is 0 Å². The molecule has 2 N–H and O–H groups in total. The first-order valence-electron chi connectivity index (χ1n) is 8.84. The van der Waals surface area contributed by atoms with Crippen LogP contribution in [0.2, 0.25) is 0 Å². The zero-order valence-electron chi connectivity index (χ0n) is 14.5. The summed E-state index contributed by atoms with van der Waals surface area (Å²) in [6, 6.07) is 10.0. The molecule has 4 rings (SSSR count). The standard InChI is InChI=1S/C19H23N3O2S/c1-11(2)17-19(24)22-10-13(8-15(22)18(23)21-17)20-9-14-7-12-5-3-4-6-16(12)25-14/h3-7,11,13,15,17,20H,8-10H2,1-2H3,(H,21,23)/t13-,15-,17-/m0/s1. The highest BCUT2D eigenvalue weighted by atomic mass is 32.1. The minimum Gasteiger partial charge on any atom is -0.342 e. The van der Waals surface area contributed by atoms with Crippen molar-refractivity contribution < 1.29 is 9.59 Å². The van der Waals surface area contributed by atoms with Crippen LogP contribution in [0.25, 0.3) is 10.1 Å². The summed E-state index contributed by atoms with van der Waals surface area (Å²) < 4.78 is 1.29. The molecular weight excluding hydrogens is 334 g/mol. The molecule has 0 aliphatic carbocycles. The lowest BCUT2D eigenvalue weighted by Crippen LogP contribution is -2.62. The van der Waals surface area contributed by atoms with E-state index in [4.69, 9.17) is 0 Å². The molecule has 0 saturated carbocycles. The molecule has 3 heterocycles. The van der Waals surface area contributed by atoms with Crippen molar-refractivity contribution in [1.82, 2.24) is 15.5 Å². The summed E-state index contributed by atoms with van der Waals surface area (Å²) in [6.07, 6.45) is 0.688. The number of benzene rings is 1. The van der Waals surface area contributed by atoms with E-state index in [1.54, 1.807) is 16.2 Å². The molecule has 2 aromatic rings. The molecule has 6 heteroatoms. The van der Waals surface area contributed by atoms with E-state index in [0.717, 1.165) is 6.54 Å².